The average molecular weight is 559 g/mol. The Hall–Kier alpha value is -0.620. The first-order valence-electron chi connectivity index (χ1n) is 9.50. The van der Waals surface area contributed by atoms with Gasteiger partial charge in [0, 0.05) is 44.0 Å². The standard InChI is InChI=1S/C19H31ClN4O3S.HI/c1-15(7-12-28(3,25)26)23-19(21-2)22-14-18(24-8-10-27-11-9-24)16-5-4-6-17(20)13-16;/h4-6,13,15,18H,7-12,14H2,1-3H3,(H2,21,22,23);1H. The van der Waals surface area contributed by atoms with Crippen LogP contribution >= 0.6 is 35.6 Å². The van der Waals surface area contributed by atoms with Crippen molar-refractivity contribution in [2.24, 2.45) is 4.99 Å². The van der Waals surface area contributed by atoms with E-state index in [1.54, 1.807) is 7.05 Å². The summed E-state index contributed by atoms with van der Waals surface area (Å²) in [4.78, 5) is 6.65. The van der Waals surface area contributed by atoms with Gasteiger partial charge in [-0.2, -0.15) is 0 Å². The predicted molar refractivity (Wildman–Crippen MR) is 130 cm³/mol. The smallest absolute Gasteiger partial charge is 0.191 e. The number of benzene rings is 1. The van der Waals surface area contributed by atoms with Crippen LogP contribution in [0.1, 0.15) is 24.9 Å². The maximum Gasteiger partial charge on any atom is 0.191 e. The SMILES string of the molecule is CN=C(NCC(c1cccc(Cl)c1)N1CCOCC1)NC(C)CCS(C)(=O)=O.I. The molecule has 2 N–H and O–H groups in total. The molecule has 2 rings (SSSR count). The van der Waals surface area contributed by atoms with Crippen LogP contribution < -0.4 is 10.6 Å². The Morgan fingerprint density at radius 1 is 1.34 bits per heavy atom. The second kappa shape index (κ2) is 12.9. The van der Waals surface area contributed by atoms with Crippen LogP contribution in [0.25, 0.3) is 0 Å². The first-order chi connectivity index (χ1) is 13.3. The average Bonchev–Trinajstić information content (AvgIpc) is 2.66. The lowest BCUT2D eigenvalue weighted by Crippen LogP contribution is -2.48. The van der Waals surface area contributed by atoms with E-state index in [9.17, 15) is 8.42 Å². The Kier molecular flexibility index (Phi) is 11.8. The molecule has 1 aromatic rings. The zero-order valence-corrected chi connectivity index (χ0v) is 21.1. The highest BCUT2D eigenvalue weighted by atomic mass is 127. The zero-order valence-electron chi connectivity index (χ0n) is 17.2. The Morgan fingerprint density at radius 2 is 2.03 bits per heavy atom. The molecule has 29 heavy (non-hydrogen) atoms. The van der Waals surface area contributed by atoms with Gasteiger partial charge in [0.25, 0.3) is 0 Å². The summed E-state index contributed by atoms with van der Waals surface area (Å²) in [6.45, 7) is 5.75. The van der Waals surface area contributed by atoms with Gasteiger partial charge in [-0.15, -0.1) is 24.0 Å². The lowest BCUT2D eigenvalue weighted by Gasteiger charge is -2.35. The number of nitrogens with zero attached hydrogens (tertiary/aromatic N) is 2. The minimum absolute atomic E-state index is 0. The van der Waals surface area contributed by atoms with Crippen LogP contribution in [-0.2, 0) is 14.6 Å². The molecule has 10 heteroatoms. The fraction of sp³-hybridized carbons (Fsp3) is 0.632. The Bertz CT molecular complexity index is 758. The maximum atomic E-state index is 11.4. The Labute approximate surface area is 196 Å². The van der Waals surface area contributed by atoms with Crippen LogP contribution in [-0.4, -0.2) is 77.2 Å². The fourth-order valence-corrected chi connectivity index (χ4v) is 4.13. The summed E-state index contributed by atoms with van der Waals surface area (Å²) in [5.41, 5.74) is 1.14. The maximum absolute atomic E-state index is 11.4. The molecule has 166 valence electrons. The van der Waals surface area contributed by atoms with Crippen LogP contribution in [0, 0.1) is 0 Å². The lowest BCUT2D eigenvalue weighted by molar-refractivity contribution is 0.0170. The summed E-state index contributed by atoms with van der Waals surface area (Å²) < 4.78 is 28.2. The summed E-state index contributed by atoms with van der Waals surface area (Å²) in [5, 5.41) is 7.36. The van der Waals surface area contributed by atoms with Crippen LogP contribution in [0.5, 0.6) is 0 Å². The first-order valence-corrected chi connectivity index (χ1v) is 11.9. The quantitative estimate of drug-likeness (QED) is 0.290. The van der Waals surface area contributed by atoms with Gasteiger partial charge >= 0.3 is 0 Å². The normalized spacial score (nSPS) is 17.9. The Morgan fingerprint density at radius 3 is 2.62 bits per heavy atom. The molecule has 0 bridgehead atoms. The summed E-state index contributed by atoms with van der Waals surface area (Å²) in [6.07, 6.45) is 1.78. The van der Waals surface area contributed by atoms with E-state index in [0.29, 0.717) is 37.2 Å². The number of hydrogen-bond acceptors (Lipinski definition) is 5. The van der Waals surface area contributed by atoms with Gasteiger partial charge in [-0.1, -0.05) is 23.7 Å². The summed E-state index contributed by atoms with van der Waals surface area (Å²) >= 11 is 6.21. The van der Waals surface area contributed by atoms with E-state index in [2.05, 4.69) is 26.6 Å². The van der Waals surface area contributed by atoms with Crippen molar-refractivity contribution in [3.63, 3.8) is 0 Å². The van der Waals surface area contributed by atoms with Crippen molar-refractivity contribution in [3.8, 4) is 0 Å². The number of aliphatic imine (C=N–C) groups is 1. The van der Waals surface area contributed by atoms with Gasteiger partial charge in [0.2, 0.25) is 0 Å². The van der Waals surface area contributed by atoms with Gasteiger partial charge in [0.1, 0.15) is 9.84 Å². The summed E-state index contributed by atoms with van der Waals surface area (Å²) in [5.74, 6) is 0.804. The third-order valence-corrected chi connectivity index (χ3v) is 5.92. The third kappa shape index (κ3) is 9.82. The number of rotatable bonds is 8. The van der Waals surface area contributed by atoms with E-state index in [1.807, 2.05) is 25.1 Å². The van der Waals surface area contributed by atoms with Crippen molar-refractivity contribution >= 4 is 51.4 Å². The van der Waals surface area contributed by atoms with Gasteiger partial charge in [0.15, 0.2) is 5.96 Å². The minimum atomic E-state index is -2.97. The molecule has 7 nitrogen and oxygen atoms in total. The van der Waals surface area contributed by atoms with E-state index in [-0.39, 0.29) is 41.8 Å². The van der Waals surface area contributed by atoms with Crippen molar-refractivity contribution in [1.82, 2.24) is 15.5 Å². The second-order valence-electron chi connectivity index (χ2n) is 7.14. The molecule has 0 saturated carbocycles. The molecule has 1 aliphatic rings. The molecule has 1 aliphatic heterocycles. The molecule has 0 amide bonds. The van der Waals surface area contributed by atoms with Gasteiger partial charge in [-0.25, -0.2) is 8.42 Å². The highest BCUT2D eigenvalue weighted by Crippen LogP contribution is 2.23. The largest absolute Gasteiger partial charge is 0.379 e. The number of sulfone groups is 1. The van der Waals surface area contributed by atoms with Crippen molar-refractivity contribution in [2.75, 3.05) is 51.9 Å². The number of nitrogens with one attached hydrogen (secondary N) is 2. The van der Waals surface area contributed by atoms with Crippen molar-refractivity contribution < 1.29 is 13.2 Å². The molecule has 0 radical (unpaired) electrons. The number of guanidine groups is 1. The van der Waals surface area contributed by atoms with Crippen molar-refractivity contribution in [1.29, 1.82) is 0 Å². The fourth-order valence-electron chi connectivity index (χ4n) is 3.15. The second-order valence-corrected chi connectivity index (χ2v) is 9.83. The molecule has 0 aliphatic carbocycles. The van der Waals surface area contributed by atoms with E-state index >= 15 is 0 Å². The molecule has 1 saturated heterocycles. The van der Waals surface area contributed by atoms with E-state index in [1.165, 1.54) is 6.26 Å². The van der Waals surface area contributed by atoms with E-state index in [4.69, 9.17) is 16.3 Å². The number of morpholine rings is 1. The number of halogens is 2. The number of ether oxygens (including phenoxy) is 1. The van der Waals surface area contributed by atoms with Crippen LogP contribution in [0.3, 0.4) is 0 Å². The molecule has 2 unspecified atom stereocenters. The van der Waals surface area contributed by atoms with Crippen LogP contribution in [0.2, 0.25) is 5.02 Å². The highest BCUT2D eigenvalue weighted by molar-refractivity contribution is 14.0. The van der Waals surface area contributed by atoms with Crippen molar-refractivity contribution in [3.05, 3.63) is 34.9 Å². The first kappa shape index (κ1) is 26.4. The predicted octanol–water partition coefficient (Wildman–Crippen LogP) is 2.32. The molecule has 2 atom stereocenters. The minimum Gasteiger partial charge on any atom is -0.379 e. The molecular formula is C19H32ClIN4O3S. The topological polar surface area (TPSA) is 83.0 Å². The molecule has 1 heterocycles. The number of hydrogen-bond donors (Lipinski definition) is 2. The van der Waals surface area contributed by atoms with Crippen LogP contribution in [0.15, 0.2) is 29.3 Å². The van der Waals surface area contributed by atoms with E-state index in [0.717, 1.165) is 18.7 Å². The van der Waals surface area contributed by atoms with Crippen LogP contribution in [0.4, 0.5) is 0 Å². The summed E-state index contributed by atoms with van der Waals surface area (Å²) in [6, 6.07) is 8.04. The molecular weight excluding hydrogens is 527 g/mol. The van der Waals surface area contributed by atoms with Gasteiger partial charge < -0.3 is 15.4 Å². The Balaban J connectivity index is 0.00000420. The summed E-state index contributed by atoms with van der Waals surface area (Å²) in [7, 11) is -1.26. The monoisotopic (exact) mass is 558 g/mol. The highest BCUT2D eigenvalue weighted by Gasteiger charge is 2.23. The zero-order chi connectivity index (χ0) is 20.6. The third-order valence-electron chi connectivity index (χ3n) is 4.71. The van der Waals surface area contributed by atoms with Gasteiger partial charge in [0.05, 0.1) is 25.0 Å². The molecule has 1 aromatic carbocycles. The molecule has 0 aromatic heterocycles. The molecule has 1 fully saturated rings. The van der Waals surface area contributed by atoms with Gasteiger partial charge in [-0.05, 0) is 31.0 Å². The van der Waals surface area contributed by atoms with E-state index < -0.39 is 9.84 Å². The molecule has 0 spiro atoms. The van der Waals surface area contributed by atoms with Gasteiger partial charge in [-0.3, -0.25) is 9.89 Å². The lowest BCUT2D eigenvalue weighted by atomic mass is 10.0. The van der Waals surface area contributed by atoms with Crippen molar-refractivity contribution in [2.45, 2.75) is 25.4 Å².